The first kappa shape index (κ1) is 31.2. The highest BCUT2D eigenvalue weighted by Gasteiger charge is 2.72. The average molecular weight is 509 g/mol. The van der Waals surface area contributed by atoms with Crippen molar-refractivity contribution in [1.29, 1.82) is 31.6 Å². The molecule has 0 amide bonds. The molecule has 0 fully saturated rings. The molecule has 37 heavy (non-hydrogen) atoms. The van der Waals surface area contributed by atoms with Gasteiger partial charge in [-0.05, 0) is 6.08 Å². The zero-order valence-electron chi connectivity index (χ0n) is 20.5. The number of hydrogen-bond acceptors (Lipinski definition) is 12. The molecule has 0 saturated heterocycles. The topological polar surface area (TPSA) is 198 Å². The van der Waals surface area contributed by atoms with Gasteiger partial charge >= 0.3 is 0 Å². The van der Waals surface area contributed by atoms with Gasteiger partial charge in [0, 0.05) is 5.57 Å². The number of rotatable bonds is 18. The molecule has 12 nitrogen and oxygen atoms in total. The highest BCUT2D eigenvalue weighted by molar-refractivity contribution is 5.37. The second-order valence-corrected chi connectivity index (χ2v) is 7.30. The molecule has 0 heterocycles. The van der Waals surface area contributed by atoms with Crippen molar-refractivity contribution in [3.05, 3.63) is 24.3 Å². The van der Waals surface area contributed by atoms with E-state index in [1.807, 2.05) is 36.4 Å². The van der Waals surface area contributed by atoms with E-state index in [2.05, 4.69) is 6.58 Å². The molecule has 0 radical (unpaired) electrons. The summed E-state index contributed by atoms with van der Waals surface area (Å²) < 4.78 is 36.7. The van der Waals surface area contributed by atoms with Gasteiger partial charge in [-0.25, -0.2) is 0 Å². The Bertz CT molecular complexity index is 973. The third-order valence-corrected chi connectivity index (χ3v) is 4.96. The van der Waals surface area contributed by atoms with E-state index >= 15 is 0 Å². The molecule has 0 atom stereocenters. The van der Waals surface area contributed by atoms with E-state index in [0.717, 1.165) is 0 Å². The lowest BCUT2D eigenvalue weighted by molar-refractivity contribution is -0.477. The molecular formula is C25H28N6O6. The molecule has 0 aliphatic heterocycles. The van der Waals surface area contributed by atoms with Crippen LogP contribution in [0, 0.1) is 68.0 Å². The number of nitriles is 6. The average Bonchev–Trinajstić information content (AvgIpc) is 2.89. The van der Waals surface area contributed by atoms with Crippen LogP contribution in [0.3, 0.4) is 0 Å². The van der Waals surface area contributed by atoms with Crippen LogP contribution in [0.15, 0.2) is 24.3 Å². The van der Waals surface area contributed by atoms with Crippen LogP contribution in [-0.2, 0) is 28.4 Å². The summed E-state index contributed by atoms with van der Waals surface area (Å²) in [6.07, 6.45) is 2.45. The fraction of sp³-hybridized carbons (Fsp3) is 0.600. The Balaban J connectivity index is 3.93. The smallest absolute Gasteiger partial charge is 0.288 e. The molecular weight excluding hydrogens is 480 g/mol. The quantitative estimate of drug-likeness (QED) is 0.194. The summed E-state index contributed by atoms with van der Waals surface area (Å²) in [5.41, 5.74) is 0.153. The van der Waals surface area contributed by atoms with Gasteiger partial charge in [0.25, 0.3) is 17.4 Å². The van der Waals surface area contributed by atoms with E-state index in [-0.39, 0.29) is 83.7 Å². The van der Waals surface area contributed by atoms with Crippen molar-refractivity contribution in [2.45, 2.75) is 55.9 Å². The van der Waals surface area contributed by atoms with Gasteiger partial charge in [0.15, 0.2) is 0 Å². The Hall–Kier alpha value is -3.82. The van der Waals surface area contributed by atoms with E-state index in [1.54, 1.807) is 0 Å². The van der Waals surface area contributed by atoms with Crippen LogP contribution >= 0.6 is 0 Å². The molecule has 1 rings (SSSR count). The standard InChI is InChI=1S/C25H28N6O6/c1-22-8-9-23(32-16-2-10-26,33-17-3-11-27)25(36-20-6-14-30,37-21-7-15-31)24(22,34-18-4-12-28)35-19-5-13-29/h8-9H,1-7,16-21H2. The number of hydrogen-bond donors (Lipinski definition) is 0. The van der Waals surface area contributed by atoms with Gasteiger partial charge in [0.1, 0.15) is 0 Å². The van der Waals surface area contributed by atoms with Crippen molar-refractivity contribution in [1.82, 2.24) is 0 Å². The van der Waals surface area contributed by atoms with Gasteiger partial charge in [-0.1, -0.05) is 12.7 Å². The summed E-state index contributed by atoms with van der Waals surface area (Å²) in [7, 11) is 0. The number of nitrogens with zero attached hydrogens (tertiary/aromatic N) is 6. The largest absolute Gasteiger partial charge is 0.341 e. The highest BCUT2D eigenvalue weighted by Crippen LogP contribution is 2.52. The minimum atomic E-state index is -2.24. The fourth-order valence-corrected chi connectivity index (χ4v) is 3.51. The van der Waals surface area contributed by atoms with Crippen LogP contribution in [-0.4, -0.2) is 57.0 Å². The molecule has 0 unspecified atom stereocenters. The molecule has 0 aromatic carbocycles. The summed E-state index contributed by atoms with van der Waals surface area (Å²) in [4.78, 5) is 0. The van der Waals surface area contributed by atoms with Gasteiger partial charge in [-0.2, -0.15) is 31.6 Å². The predicted octanol–water partition coefficient (Wildman–Crippen LogP) is 2.78. The van der Waals surface area contributed by atoms with E-state index in [1.165, 1.54) is 12.2 Å². The van der Waals surface area contributed by atoms with Crippen molar-refractivity contribution in [2.75, 3.05) is 39.6 Å². The fourth-order valence-electron chi connectivity index (χ4n) is 3.51. The lowest BCUT2D eigenvalue weighted by Crippen LogP contribution is -2.75. The summed E-state index contributed by atoms with van der Waals surface area (Å²) in [5.74, 6) is -6.35. The van der Waals surface area contributed by atoms with Gasteiger partial charge in [-0.3, -0.25) is 0 Å². The van der Waals surface area contributed by atoms with Gasteiger partial charge in [-0.15, -0.1) is 0 Å². The Morgan fingerprint density at radius 3 is 1.22 bits per heavy atom. The van der Waals surface area contributed by atoms with Crippen molar-refractivity contribution in [2.24, 2.45) is 0 Å². The molecule has 1 aliphatic rings. The normalized spacial score (nSPS) is 16.3. The second-order valence-electron chi connectivity index (χ2n) is 7.30. The second kappa shape index (κ2) is 16.8. The molecule has 0 aromatic heterocycles. The van der Waals surface area contributed by atoms with Crippen molar-refractivity contribution in [3.63, 3.8) is 0 Å². The first-order chi connectivity index (χ1) is 18.0. The Kier molecular flexibility index (Phi) is 14.2. The molecule has 0 N–H and O–H groups in total. The zero-order valence-corrected chi connectivity index (χ0v) is 20.5. The van der Waals surface area contributed by atoms with E-state index < -0.39 is 17.4 Å². The molecule has 0 saturated carbocycles. The van der Waals surface area contributed by atoms with Gasteiger partial charge in [0.05, 0.1) is 115 Å². The molecule has 1 aliphatic carbocycles. The summed E-state index contributed by atoms with van der Waals surface area (Å²) in [6.45, 7) is 2.84. The summed E-state index contributed by atoms with van der Waals surface area (Å²) in [6, 6.07) is 11.8. The summed E-state index contributed by atoms with van der Waals surface area (Å²) >= 11 is 0. The molecule has 0 aromatic rings. The minimum Gasteiger partial charge on any atom is -0.341 e. The third-order valence-electron chi connectivity index (χ3n) is 4.96. The van der Waals surface area contributed by atoms with Crippen LogP contribution in [0.1, 0.15) is 38.5 Å². The van der Waals surface area contributed by atoms with Gasteiger partial charge in [0.2, 0.25) is 0 Å². The SMILES string of the molecule is C=C1C=CC(OCCC#N)(OCCC#N)C(OCCC#N)(OCCC#N)C1(OCCC#N)OCCC#N. The van der Waals surface area contributed by atoms with E-state index in [4.69, 9.17) is 49.5 Å². The molecule has 0 spiro atoms. The number of ether oxygens (including phenoxy) is 6. The lowest BCUT2D eigenvalue weighted by atomic mass is 9.83. The first-order valence-electron chi connectivity index (χ1n) is 11.4. The van der Waals surface area contributed by atoms with E-state index in [9.17, 15) is 10.5 Å². The van der Waals surface area contributed by atoms with Crippen LogP contribution in [0.2, 0.25) is 0 Å². The minimum absolute atomic E-state index is 0.0534. The van der Waals surface area contributed by atoms with Crippen molar-refractivity contribution < 1.29 is 28.4 Å². The first-order valence-corrected chi connectivity index (χ1v) is 11.4. The van der Waals surface area contributed by atoms with Crippen molar-refractivity contribution >= 4 is 0 Å². The van der Waals surface area contributed by atoms with Crippen LogP contribution in [0.5, 0.6) is 0 Å². The Morgan fingerprint density at radius 1 is 0.541 bits per heavy atom. The Labute approximate surface area is 216 Å². The third kappa shape index (κ3) is 7.58. The lowest BCUT2D eigenvalue weighted by Gasteiger charge is -2.57. The maximum atomic E-state index is 9.18. The molecule has 0 bridgehead atoms. The maximum absolute atomic E-state index is 9.18. The van der Waals surface area contributed by atoms with E-state index in [0.29, 0.717) is 0 Å². The molecule has 12 heteroatoms. The highest BCUT2D eigenvalue weighted by atomic mass is 16.8. The zero-order chi connectivity index (χ0) is 27.5. The van der Waals surface area contributed by atoms with Crippen LogP contribution < -0.4 is 0 Å². The van der Waals surface area contributed by atoms with Crippen LogP contribution in [0.4, 0.5) is 0 Å². The predicted molar refractivity (Wildman–Crippen MR) is 124 cm³/mol. The maximum Gasteiger partial charge on any atom is 0.288 e. The summed E-state index contributed by atoms with van der Waals surface area (Å²) in [5, 5.41) is 54.9. The Morgan fingerprint density at radius 2 is 0.865 bits per heavy atom. The van der Waals surface area contributed by atoms with Gasteiger partial charge < -0.3 is 28.4 Å². The van der Waals surface area contributed by atoms with Crippen molar-refractivity contribution in [3.8, 4) is 36.4 Å². The molecule has 194 valence electrons. The van der Waals surface area contributed by atoms with Crippen LogP contribution in [0.25, 0.3) is 0 Å². The monoisotopic (exact) mass is 508 g/mol.